The number of H-pyrrole nitrogens is 2. The number of aromatic amines is 2. The van der Waals surface area contributed by atoms with Gasteiger partial charge in [-0.05, 0) is 175 Å². The molecule has 26 nitrogen and oxygen atoms in total. The number of Topliss-reactive ketones (excluding diaryl/α,β-unsaturated/α-hetero) is 3. The zero-order valence-corrected chi connectivity index (χ0v) is 70.4. The van der Waals surface area contributed by atoms with Gasteiger partial charge >= 0.3 is 0 Å². The second kappa shape index (κ2) is 37.7. The number of nitrogens with zero attached hydrogens (tertiary/aromatic N) is 2. The van der Waals surface area contributed by atoms with Crippen molar-refractivity contribution in [3.63, 3.8) is 0 Å². The van der Waals surface area contributed by atoms with Crippen molar-refractivity contribution in [2.24, 2.45) is 22.7 Å². The number of aryl methyl sites for hydroxylation is 2. The first-order valence-corrected chi connectivity index (χ1v) is 44.1. The topological polar surface area (TPSA) is 376 Å². The number of ketones is 3. The molecule has 0 radical (unpaired) electrons. The SMILES string of the molecule is CCC[C@H](NC(=O)[C@@H]1CC2(CN1C(=O)[C@@H](NC(=O)[C@@H](NC(=O)c1[nH]c(C)c(C)c1C(C)=O)C1CCCCC1)C(C)(C)C)SCCCS2)C(=O)C(=O)NC1CC1.CCC[C@H](NC(=O)[C@@H]1CC2(CN1C(=O)[C@@H](NC(=O)[C@@H](NC(=O)c1[nH]c(C)c(C)c1C(C)=O)C1CCCCC1)C(C)(C)C)SCCCS2)C(O)C(=O)NC1CC1. The maximum Gasteiger partial charge on any atom is 0.289 e. The van der Waals surface area contributed by atoms with Crippen LogP contribution in [0.2, 0.25) is 0 Å². The molecule has 10 rings (SSSR count). The second-order valence-corrected chi connectivity index (χ2v) is 40.5. The van der Waals surface area contributed by atoms with E-state index in [-0.39, 0.29) is 65.4 Å². The highest BCUT2D eigenvalue weighted by Gasteiger charge is 2.56. The number of amides is 10. The van der Waals surface area contributed by atoms with Crippen molar-refractivity contribution < 1.29 is 67.4 Å². The lowest BCUT2D eigenvalue weighted by Gasteiger charge is -2.38. The first-order chi connectivity index (χ1) is 51.9. The van der Waals surface area contributed by atoms with E-state index in [1.54, 1.807) is 84.5 Å². The first kappa shape index (κ1) is 87.6. The summed E-state index contributed by atoms with van der Waals surface area (Å²) < 4.78 is -0.848. The van der Waals surface area contributed by atoms with Gasteiger partial charge in [0.15, 0.2) is 17.7 Å². The van der Waals surface area contributed by atoms with E-state index in [2.05, 4.69) is 52.5 Å². The molecule has 610 valence electrons. The van der Waals surface area contributed by atoms with Gasteiger partial charge in [0.25, 0.3) is 23.6 Å². The van der Waals surface area contributed by atoms with Crippen LogP contribution in [0.25, 0.3) is 0 Å². The molecule has 4 saturated heterocycles. The molecular formula is C80H122N12O14S4. The minimum Gasteiger partial charge on any atom is -0.381 e. The Labute approximate surface area is 665 Å². The highest BCUT2D eigenvalue weighted by Crippen LogP contribution is 2.52. The molecule has 4 saturated carbocycles. The Morgan fingerprint density at radius 2 is 0.873 bits per heavy atom. The Hall–Kier alpha value is -6.37. The summed E-state index contributed by atoms with van der Waals surface area (Å²) in [7, 11) is 0. The molecule has 8 fully saturated rings. The van der Waals surface area contributed by atoms with E-state index in [1.165, 1.54) is 13.8 Å². The van der Waals surface area contributed by atoms with Crippen LogP contribution in [0.1, 0.15) is 275 Å². The second-order valence-electron chi connectivity index (χ2n) is 34.1. The van der Waals surface area contributed by atoms with Crippen LogP contribution < -0.4 is 42.5 Å². The average Bonchev–Trinajstić information content (AvgIpc) is 1.62. The summed E-state index contributed by atoms with van der Waals surface area (Å²) in [6.45, 7) is 25.5. The molecule has 0 aromatic carbocycles. The molecule has 2 spiro atoms. The van der Waals surface area contributed by atoms with Gasteiger partial charge in [-0.15, -0.1) is 47.0 Å². The Morgan fingerprint density at radius 3 is 1.24 bits per heavy atom. The number of hydrogen-bond donors (Lipinski definition) is 11. The van der Waals surface area contributed by atoms with Crippen LogP contribution in [0.4, 0.5) is 0 Å². The molecule has 10 amide bonds. The maximum absolute atomic E-state index is 14.9. The average molecular weight is 1600 g/mol. The number of aromatic nitrogens is 2. The van der Waals surface area contributed by atoms with Crippen LogP contribution in [0.3, 0.4) is 0 Å². The van der Waals surface area contributed by atoms with Gasteiger partial charge in [0, 0.05) is 49.4 Å². The monoisotopic (exact) mass is 1600 g/mol. The van der Waals surface area contributed by atoms with E-state index in [0.717, 1.165) is 126 Å². The normalized spacial score (nSPS) is 22.0. The van der Waals surface area contributed by atoms with Crippen LogP contribution in [-0.2, 0) is 43.2 Å². The number of aliphatic hydroxyl groups excluding tert-OH is 1. The van der Waals surface area contributed by atoms with Crippen LogP contribution in [0.5, 0.6) is 0 Å². The third kappa shape index (κ3) is 21.7. The summed E-state index contributed by atoms with van der Waals surface area (Å²) in [4.78, 5) is 188. The smallest absolute Gasteiger partial charge is 0.289 e. The molecule has 2 aromatic rings. The fraction of sp³-hybridized carbons (Fsp3) is 0.738. The molecular weight excluding hydrogens is 1480 g/mol. The van der Waals surface area contributed by atoms with Crippen molar-refractivity contribution in [3.8, 4) is 0 Å². The van der Waals surface area contributed by atoms with E-state index in [9.17, 15) is 67.4 Å². The molecule has 4 aliphatic heterocycles. The van der Waals surface area contributed by atoms with Gasteiger partial charge in [-0.25, -0.2) is 0 Å². The molecule has 0 bridgehead atoms. The van der Waals surface area contributed by atoms with E-state index >= 15 is 0 Å². The van der Waals surface area contributed by atoms with Gasteiger partial charge in [-0.3, -0.25) is 62.3 Å². The number of thioether (sulfide) groups is 4. The molecule has 9 atom stereocenters. The van der Waals surface area contributed by atoms with Gasteiger partial charge in [0.2, 0.25) is 41.2 Å². The van der Waals surface area contributed by atoms with Crippen molar-refractivity contribution >= 4 is 123 Å². The van der Waals surface area contributed by atoms with E-state index < -0.39 is 138 Å². The van der Waals surface area contributed by atoms with Gasteiger partial charge in [-0.1, -0.05) is 107 Å². The fourth-order valence-corrected chi connectivity index (χ4v) is 22.9. The zero-order chi connectivity index (χ0) is 80.5. The number of rotatable bonds is 28. The van der Waals surface area contributed by atoms with Crippen molar-refractivity contribution in [3.05, 3.63) is 45.0 Å². The highest BCUT2D eigenvalue weighted by atomic mass is 32.2. The van der Waals surface area contributed by atoms with E-state index in [1.807, 2.05) is 55.4 Å². The summed E-state index contributed by atoms with van der Waals surface area (Å²) in [5.74, 6) is -3.03. The Balaban J connectivity index is 0.000000253. The maximum atomic E-state index is 14.9. The molecule has 4 aliphatic carbocycles. The predicted molar refractivity (Wildman–Crippen MR) is 431 cm³/mol. The summed E-state index contributed by atoms with van der Waals surface area (Å²) in [5.41, 5.74) is 1.99. The third-order valence-corrected chi connectivity index (χ3v) is 29.7. The Kier molecular flexibility index (Phi) is 30.0. The lowest BCUT2D eigenvalue weighted by Crippen LogP contribution is -2.62. The standard InChI is InChI=1S/C40H62N6O7S2.C40H60N6O7S2/c2*1-8-13-27(32(48)37(52)42-26-16-17-26)43-34(49)28-20-40(54-18-12-19-55-40)21-46(28)38(53)33(39(5,6)7)45-35(50)30(25-14-10-9-11-15-25)44-36(51)31-29(24(4)47)22(2)23(3)41-31/h25-28,30,32-33,41,48H,8-21H2,1-7H3,(H,42,52)(H,43,49)(H,44,51)(H,45,50);25-28,30,33,41H,8-21H2,1-7H3,(H,42,52)(H,43,49)(H,44,51)(H,45,50)/t27-,28-,30-,32?,33+;27-,28-,30-,33+/m00/s1. The molecule has 2 aromatic heterocycles. The van der Waals surface area contributed by atoms with Crippen LogP contribution in [-0.4, -0.2) is 212 Å². The van der Waals surface area contributed by atoms with Crippen molar-refractivity contribution in [2.75, 3.05) is 36.1 Å². The number of carbonyl (C=O) groups excluding carboxylic acids is 13. The molecule has 30 heteroatoms. The number of likely N-dealkylation sites (tertiary alicyclic amines) is 2. The number of aliphatic hydroxyl groups is 1. The van der Waals surface area contributed by atoms with Gasteiger partial charge in [0.05, 0.1) is 31.4 Å². The van der Waals surface area contributed by atoms with Crippen LogP contribution >= 0.6 is 47.0 Å². The molecule has 110 heavy (non-hydrogen) atoms. The molecule has 1 unspecified atom stereocenters. The van der Waals surface area contributed by atoms with Crippen LogP contribution in [0.15, 0.2) is 0 Å². The van der Waals surface area contributed by atoms with Gasteiger partial charge in [0.1, 0.15) is 47.6 Å². The quantitative estimate of drug-likeness (QED) is 0.0281. The van der Waals surface area contributed by atoms with Gasteiger partial charge < -0.3 is 67.4 Å². The first-order valence-electron chi connectivity index (χ1n) is 40.2. The van der Waals surface area contributed by atoms with Gasteiger partial charge in [-0.2, -0.15) is 0 Å². The lowest BCUT2D eigenvalue weighted by atomic mass is 9.82. The Morgan fingerprint density at radius 1 is 0.491 bits per heavy atom. The summed E-state index contributed by atoms with van der Waals surface area (Å²) in [6.07, 6.45) is 15.1. The minimum atomic E-state index is -1.43. The van der Waals surface area contributed by atoms with Crippen molar-refractivity contribution in [1.82, 2.24) is 62.3 Å². The van der Waals surface area contributed by atoms with E-state index in [4.69, 9.17) is 0 Å². The zero-order valence-electron chi connectivity index (χ0n) is 67.1. The summed E-state index contributed by atoms with van der Waals surface area (Å²) in [5, 5.41) is 34.4. The summed E-state index contributed by atoms with van der Waals surface area (Å²) >= 11 is 6.97. The fourth-order valence-electron chi connectivity index (χ4n) is 16.2. The van der Waals surface area contributed by atoms with Crippen molar-refractivity contribution in [2.45, 2.75) is 313 Å². The lowest BCUT2D eigenvalue weighted by molar-refractivity contribution is -0.145. The van der Waals surface area contributed by atoms with E-state index in [0.29, 0.717) is 66.7 Å². The van der Waals surface area contributed by atoms with Crippen LogP contribution in [0, 0.1) is 50.4 Å². The Bertz CT molecular complexity index is 3740. The number of carbonyl (C=O) groups is 13. The largest absolute Gasteiger partial charge is 0.381 e. The highest BCUT2D eigenvalue weighted by molar-refractivity contribution is 8.19. The minimum absolute atomic E-state index is 0.00645. The molecule has 8 aliphatic rings. The third-order valence-electron chi connectivity index (χ3n) is 23.0. The number of hydrogen-bond acceptors (Lipinski definition) is 18. The van der Waals surface area contributed by atoms with Crippen molar-refractivity contribution in [1.29, 1.82) is 0 Å². The molecule has 6 heterocycles. The predicted octanol–water partition coefficient (Wildman–Crippen LogP) is 8.48. The summed E-state index contributed by atoms with van der Waals surface area (Å²) in [6, 6.07) is -7.65. The number of nitrogens with one attached hydrogen (secondary N) is 10. The molecule has 11 N–H and O–H groups in total.